The second-order valence-electron chi connectivity index (χ2n) is 5.21. The van der Waals surface area contributed by atoms with Crippen LogP contribution >= 0.6 is 27.3 Å². The van der Waals surface area contributed by atoms with Gasteiger partial charge in [-0.2, -0.15) is 0 Å². The molecule has 1 aromatic rings. The average Bonchev–Trinajstić information content (AvgIpc) is 2.88. The molecule has 0 saturated carbocycles. The minimum Gasteiger partial charge on any atom is -0.481 e. The molecule has 0 aliphatic carbocycles. The van der Waals surface area contributed by atoms with Crippen LogP contribution in [0.15, 0.2) is 15.9 Å². The first-order valence-electron chi connectivity index (χ1n) is 7.02. The third-order valence-corrected chi connectivity index (χ3v) is 5.69. The highest BCUT2D eigenvalue weighted by Crippen LogP contribution is 2.23. The van der Waals surface area contributed by atoms with Crippen molar-refractivity contribution in [1.82, 2.24) is 10.2 Å². The fraction of sp³-hybridized carbons (Fsp3) is 0.571. The first kappa shape index (κ1) is 16.3. The van der Waals surface area contributed by atoms with E-state index in [0.717, 1.165) is 22.2 Å². The molecule has 21 heavy (non-hydrogen) atoms. The topological polar surface area (TPSA) is 69.6 Å². The molecule has 7 heteroatoms. The number of hydrogen-bond acceptors (Lipinski definition) is 3. The van der Waals surface area contributed by atoms with E-state index in [9.17, 15) is 9.59 Å². The molecular formula is C14H19BrN2O3S. The number of nitrogens with zero attached hydrogens (tertiary/aromatic N) is 1. The van der Waals surface area contributed by atoms with E-state index < -0.39 is 5.97 Å². The van der Waals surface area contributed by atoms with Crippen LogP contribution in [0.2, 0.25) is 0 Å². The first-order chi connectivity index (χ1) is 10.1. The highest BCUT2D eigenvalue weighted by atomic mass is 79.9. The van der Waals surface area contributed by atoms with Crippen LogP contribution in [-0.2, 0) is 11.3 Å². The van der Waals surface area contributed by atoms with Crippen molar-refractivity contribution in [3.8, 4) is 0 Å². The molecule has 0 radical (unpaired) electrons. The number of carbonyl (C=O) groups excluding carboxylic acids is 1. The summed E-state index contributed by atoms with van der Waals surface area (Å²) in [7, 11) is 0. The number of likely N-dealkylation sites (tertiary alicyclic amines) is 1. The molecule has 1 aromatic heterocycles. The molecule has 1 fully saturated rings. The number of amides is 2. The summed E-state index contributed by atoms with van der Waals surface area (Å²) in [6, 6.07) is 1.94. The van der Waals surface area contributed by atoms with Gasteiger partial charge in [-0.05, 0) is 52.6 Å². The first-order valence-corrected chi connectivity index (χ1v) is 8.70. The second kappa shape index (κ2) is 7.79. The van der Waals surface area contributed by atoms with Crippen LogP contribution in [0, 0.1) is 5.92 Å². The molecule has 0 spiro atoms. The zero-order valence-electron chi connectivity index (χ0n) is 11.7. The van der Waals surface area contributed by atoms with Gasteiger partial charge in [-0.1, -0.05) is 0 Å². The van der Waals surface area contributed by atoms with Crippen LogP contribution in [0.5, 0.6) is 0 Å². The van der Waals surface area contributed by atoms with Crippen molar-refractivity contribution in [1.29, 1.82) is 0 Å². The maximum Gasteiger partial charge on any atom is 0.317 e. The smallest absolute Gasteiger partial charge is 0.317 e. The molecule has 0 atom stereocenters. The van der Waals surface area contributed by atoms with Gasteiger partial charge in [0.1, 0.15) is 0 Å². The predicted molar refractivity (Wildman–Crippen MR) is 85.4 cm³/mol. The predicted octanol–water partition coefficient (Wildman–Crippen LogP) is 3.30. The van der Waals surface area contributed by atoms with Crippen LogP contribution in [0.1, 0.15) is 30.6 Å². The zero-order valence-corrected chi connectivity index (χ0v) is 14.1. The average molecular weight is 375 g/mol. The summed E-state index contributed by atoms with van der Waals surface area (Å²) in [5.74, 6) is -0.312. The second-order valence-corrected chi connectivity index (χ2v) is 7.07. The number of carboxylic acids is 1. The van der Waals surface area contributed by atoms with Gasteiger partial charge in [0.05, 0.1) is 6.54 Å². The van der Waals surface area contributed by atoms with Gasteiger partial charge >= 0.3 is 12.0 Å². The van der Waals surface area contributed by atoms with Crippen molar-refractivity contribution < 1.29 is 14.7 Å². The zero-order chi connectivity index (χ0) is 15.2. The molecule has 2 N–H and O–H groups in total. The summed E-state index contributed by atoms with van der Waals surface area (Å²) in [5.41, 5.74) is 0. The highest BCUT2D eigenvalue weighted by molar-refractivity contribution is 9.10. The van der Waals surface area contributed by atoms with Crippen molar-refractivity contribution in [2.75, 3.05) is 13.1 Å². The maximum atomic E-state index is 12.1. The lowest BCUT2D eigenvalue weighted by molar-refractivity contribution is -0.137. The molecule has 1 saturated heterocycles. The largest absolute Gasteiger partial charge is 0.481 e. The number of rotatable bonds is 5. The summed E-state index contributed by atoms with van der Waals surface area (Å²) in [5, 5.41) is 13.6. The summed E-state index contributed by atoms with van der Waals surface area (Å²) >= 11 is 5.06. The molecule has 0 aromatic carbocycles. The Hall–Kier alpha value is -1.08. The Labute approximate surface area is 136 Å². The fourth-order valence-electron chi connectivity index (χ4n) is 2.47. The van der Waals surface area contributed by atoms with Gasteiger partial charge in [-0.25, -0.2) is 4.79 Å². The molecule has 0 unspecified atom stereocenters. The summed E-state index contributed by atoms with van der Waals surface area (Å²) in [6.45, 7) is 1.96. The highest BCUT2D eigenvalue weighted by Gasteiger charge is 2.23. The van der Waals surface area contributed by atoms with Crippen molar-refractivity contribution in [3.63, 3.8) is 0 Å². The van der Waals surface area contributed by atoms with E-state index in [1.54, 1.807) is 11.3 Å². The molecule has 0 bridgehead atoms. The Morgan fingerprint density at radius 3 is 2.71 bits per heavy atom. The van der Waals surface area contributed by atoms with Crippen LogP contribution < -0.4 is 5.32 Å². The quantitative estimate of drug-likeness (QED) is 0.830. The summed E-state index contributed by atoms with van der Waals surface area (Å²) in [4.78, 5) is 25.6. The number of thiophene rings is 1. The molecule has 2 heterocycles. The SMILES string of the molecule is O=C(O)CCC1CCN(C(=O)NCc2sccc2Br)CC1. The molecule has 1 aliphatic rings. The molecule has 5 nitrogen and oxygen atoms in total. The minimum absolute atomic E-state index is 0.0352. The van der Waals surface area contributed by atoms with Gasteiger partial charge in [-0.3, -0.25) is 4.79 Å². The molecule has 116 valence electrons. The summed E-state index contributed by atoms with van der Waals surface area (Å²) < 4.78 is 1.03. The van der Waals surface area contributed by atoms with E-state index in [4.69, 9.17) is 5.11 Å². The van der Waals surface area contributed by atoms with E-state index in [0.29, 0.717) is 32.0 Å². The third kappa shape index (κ3) is 5.00. The van der Waals surface area contributed by atoms with Crippen LogP contribution in [0.4, 0.5) is 4.79 Å². The van der Waals surface area contributed by atoms with Crippen molar-refractivity contribution >= 4 is 39.3 Å². The Morgan fingerprint density at radius 2 is 2.14 bits per heavy atom. The van der Waals surface area contributed by atoms with Gasteiger partial charge in [0, 0.05) is 28.9 Å². The Kier molecular flexibility index (Phi) is 6.05. The van der Waals surface area contributed by atoms with Gasteiger partial charge < -0.3 is 15.3 Å². The number of nitrogens with one attached hydrogen (secondary N) is 1. The van der Waals surface area contributed by atoms with E-state index >= 15 is 0 Å². The standard InChI is InChI=1S/C14H19BrN2O3S/c15-11-5-8-21-12(11)9-16-14(20)17-6-3-10(4-7-17)1-2-13(18)19/h5,8,10H,1-4,6-7,9H2,(H,16,20)(H,18,19). The molecule has 2 amide bonds. The lowest BCUT2D eigenvalue weighted by atomic mass is 9.92. The maximum absolute atomic E-state index is 12.1. The Bertz CT molecular complexity index is 498. The monoisotopic (exact) mass is 374 g/mol. The molecular weight excluding hydrogens is 356 g/mol. The Morgan fingerprint density at radius 1 is 1.43 bits per heavy atom. The van der Waals surface area contributed by atoms with E-state index in [2.05, 4.69) is 21.2 Å². The van der Waals surface area contributed by atoms with Gasteiger partial charge in [0.25, 0.3) is 0 Å². The normalized spacial score (nSPS) is 16.0. The minimum atomic E-state index is -0.739. The van der Waals surface area contributed by atoms with E-state index in [-0.39, 0.29) is 12.5 Å². The number of carboxylic acid groups (broad SMARTS) is 1. The van der Waals surface area contributed by atoms with Gasteiger partial charge in [0.2, 0.25) is 0 Å². The van der Waals surface area contributed by atoms with Crippen molar-refractivity contribution in [2.45, 2.75) is 32.2 Å². The Balaban J connectivity index is 1.70. The fourth-order valence-corrected chi connectivity index (χ4v) is 3.90. The number of carbonyl (C=O) groups is 2. The number of urea groups is 1. The van der Waals surface area contributed by atoms with Gasteiger partial charge in [-0.15, -0.1) is 11.3 Å². The number of hydrogen-bond donors (Lipinski definition) is 2. The van der Waals surface area contributed by atoms with Crippen LogP contribution in [0.3, 0.4) is 0 Å². The summed E-state index contributed by atoms with van der Waals surface area (Å²) in [6.07, 6.45) is 2.73. The van der Waals surface area contributed by atoms with Crippen molar-refractivity contribution in [2.24, 2.45) is 5.92 Å². The van der Waals surface area contributed by atoms with Crippen LogP contribution in [0.25, 0.3) is 0 Å². The van der Waals surface area contributed by atoms with E-state index in [1.807, 2.05) is 16.3 Å². The number of aliphatic carboxylic acids is 1. The third-order valence-electron chi connectivity index (χ3n) is 3.76. The lowest BCUT2D eigenvalue weighted by Gasteiger charge is -2.31. The molecule has 2 rings (SSSR count). The van der Waals surface area contributed by atoms with Gasteiger partial charge in [0.15, 0.2) is 0 Å². The van der Waals surface area contributed by atoms with E-state index in [1.165, 1.54) is 0 Å². The number of halogens is 1. The lowest BCUT2D eigenvalue weighted by Crippen LogP contribution is -2.44. The number of piperidine rings is 1. The molecule has 1 aliphatic heterocycles. The van der Waals surface area contributed by atoms with Crippen molar-refractivity contribution in [3.05, 3.63) is 20.8 Å². The van der Waals surface area contributed by atoms with Crippen LogP contribution in [-0.4, -0.2) is 35.1 Å².